The fourth-order valence-corrected chi connectivity index (χ4v) is 4.80. The first-order valence-electron chi connectivity index (χ1n) is 7.54. The molecule has 0 aliphatic rings. The van der Waals surface area contributed by atoms with Gasteiger partial charge in [-0.05, 0) is 45.0 Å². The van der Waals surface area contributed by atoms with Gasteiger partial charge in [0, 0.05) is 29.2 Å². The molecule has 0 amide bonds. The van der Waals surface area contributed by atoms with E-state index in [-0.39, 0.29) is 5.75 Å². The number of rotatable bonds is 4. The van der Waals surface area contributed by atoms with E-state index in [1.807, 2.05) is 45.3 Å². The maximum atomic E-state index is 12.8. The highest BCUT2D eigenvalue weighted by Crippen LogP contribution is 2.28. The van der Waals surface area contributed by atoms with Crippen LogP contribution < -0.4 is 0 Å². The van der Waals surface area contributed by atoms with Crippen LogP contribution in [0.3, 0.4) is 0 Å². The number of hydrogen-bond acceptors (Lipinski definition) is 4. The summed E-state index contributed by atoms with van der Waals surface area (Å²) in [6.45, 7) is 5.74. The van der Waals surface area contributed by atoms with Crippen molar-refractivity contribution in [3.63, 3.8) is 0 Å². The summed E-state index contributed by atoms with van der Waals surface area (Å²) >= 11 is 1.59. The summed E-state index contributed by atoms with van der Waals surface area (Å²) < 4.78 is 25.1. The van der Waals surface area contributed by atoms with Gasteiger partial charge in [0.2, 0.25) is 0 Å². The Labute approximate surface area is 146 Å². The van der Waals surface area contributed by atoms with Crippen molar-refractivity contribution in [2.45, 2.75) is 31.4 Å². The predicted octanol–water partition coefficient (Wildman–Crippen LogP) is 4.00. The summed E-state index contributed by atoms with van der Waals surface area (Å²) in [4.78, 5) is 4.87. The molecule has 2 aromatic heterocycles. The lowest BCUT2D eigenvalue weighted by Crippen LogP contribution is -2.14. The molecule has 7 heteroatoms. The average molecular weight is 363 g/mol. The largest absolute Gasteiger partial charge is 0.272 e. The summed E-state index contributed by atoms with van der Waals surface area (Å²) in [5, 5.41) is 7.31. The highest BCUT2D eigenvalue weighted by molar-refractivity contribution is 7.97. The number of nitrogens with zero attached hydrogens (tertiary/aromatic N) is 3. The Morgan fingerprint density at radius 2 is 1.88 bits per heavy atom. The average Bonchev–Trinajstić information content (AvgIpc) is 3.07. The fraction of sp³-hybridized carbons (Fsp3) is 0.294. The first-order valence-corrected chi connectivity index (χ1v) is 10.1. The first-order chi connectivity index (χ1) is 11.3. The fourth-order valence-electron chi connectivity index (χ4n) is 2.64. The van der Waals surface area contributed by atoms with Crippen molar-refractivity contribution in [1.29, 1.82) is 0 Å². The normalized spacial score (nSPS) is 13.9. The Morgan fingerprint density at radius 1 is 1.21 bits per heavy atom. The molecule has 0 fully saturated rings. The Hall–Kier alpha value is -1.83. The molecule has 1 atom stereocenters. The van der Waals surface area contributed by atoms with Gasteiger partial charge in [-0.15, -0.1) is 11.3 Å². The first kappa shape index (κ1) is 17.0. The van der Waals surface area contributed by atoms with Crippen LogP contribution in [0.1, 0.15) is 22.0 Å². The Morgan fingerprint density at radius 3 is 2.38 bits per heavy atom. The van der Waals surface area contributed by atoms with Crippen molar-refractivity contribution >= 4 is 21.6 Å². The van der Waals surface area contributed by atoms with Gasteiger partial charge in [-0.1, -0.05) is 4.21 Å². The molecule has 0 saturated heterocycles. The van der Waals surface area contributed by atoms with Crippen LogP contribution >= 0.6 is 11.3 Å². The number of aryl methyl sites for hydroxylation is 3. The van der Waals surface area contributed by atoms with Gasteiger partial charge in [-0.2, -0.15) is 9.65 Å². The second kappa shape index (κ2) is 6.23. The zero-order valence-corrected chi connectivity index (χ0v) is 15.7. The van der Waals surface area contributed by atoms with Crippen molar-refractivity contribution in [2.75, 3.05) is 0 Å². The van der Waals surface area contributed by atoms with Gasteiger partial charge in [-0.25, -0.2) is 4.98 Å². The van der Waals surface area contributed by atoms with Crippen molar-refractivity contribution in [3.8, 4) is 11.3 Å². The van der Waals surface area contributed by atoms with E-state index in [1.165, 1.54) is 0 Å². The monoisotopic (exact) mass is 362 g/mol. The van der Waals surface area contributed by atoms with Crippen LogP contribution in [0.5, 0.6) is 0 Å². The molecular formula is C17H20N3O2S2+. The molecule has 0 radical (unpaired) electrons. The number of thiazole rings is 1. The van der Waals surface area contributed by atoms with E-state index in [2.05, 4.69) is 10.1 Å². The van der Waals surface area contributed by atoms with Crippen LogP contribution in [0.2, 0.25) is 0 Å². The molecular weight excluding hydrogens is 342 g/mol. The van der Waals surface area contributed by atoms with Crippen molar-refractivity contribution in [1.82, 2.24) is 14.8 Å². The van der Waals surface area contributed by atoms with Crippen LogP contribution in [0.25, 0.3) is 11.3 Å². The van der Waals surface area contributed by atoms with Gasteiger partial charge in [0.15, 0.2) is 10.6 Å². The third-order valence-electron chi connectivity index (χ3n) is 4.14. The zero-order valence-electron chi connectivity index (χ0n) is 14.1. The van der Waals surface area contributed by atoms with E-state index in [9.17, 15) is 8.76 Å². The second-order valence-corrected chi connectivity index (χ2v) is 8.94. The summed E-state index contributed by atoms with van der Waals surface area (Å²) in [7, 11) is -1.32. The Kier molecular flexibility index (Phi) is 4.42. The number of benzene rings is 1. The standard InChI is InChI=1S/C17H19N3O2S2/c1-11-16(12(2)20(4)19-11)10-24(21,22)15-7-5-14(6-8-15)17-9-23-13(3)18-17/h5-9H,10H2,1-4H3/p+1. The molecule has 1 unspecified atom stereocenters. The van der Waals surface area contributed by atoms with Gasteiger partial charge < -0.3 is 0 Å². The van der Waals surface area contributed by atoms with E-state index in [4.69, 9.17) is 0 Å². The smallest absolute Gasteiger partial charge is 0.252 e. The summed E-state index contributed by atoms with van der Waals surface area (Å²) in [5.41, 5.74) is 4.40. The van der Waals surface area contributed by atoms with Crippen LogP contribution in [0, 0.1) is 20.8 Å². The van der Waals surface area contributed by atoms with Crippen molar-refractivity contribution in [2.24, 2.45) is 7.05 Å². The summed E-state index contributed by atoms with van der Waals surface area (Å²) in [6.07, 6.45) is 0. The maximum Gasteiger partial charge on any atom is 0.252 e. The molecule has 24 heavy (non-hydrogen) atoms. The quantitative estimate of drug-likeness (QED) is 0.712. The minimum atomic E-state index is -3.16. The highest BCUT2D eigenvalue weighted by Gasteiger charge is 2.32. The van der Waals surface area contributed by atoms with Crippen LogP contribution in [0.4, 0.5) is 0 Å². The van der Waals surface area contributed by atoms with E-state index < -0.39 is 10.2 Å². The van der Waals surface area contributed by atoms with Crippen molar-refractivity contribution < 1.29 is 8.76 Å². The Balaban J connectivity index is 1.88. The third kappa shape index (κ3) is 3.19. The van der Waals surface area contributed by atoms with Gasteiger partial charge in [-0.3, -0.25) is 4.68 Å². The van der Waals surface area contributed by atoms with Gasteiger partial charge >= 0.3 is 0 Å². The van der Waals surface area contributed by atoms with Crippen molar-refractivity contribution in [3.05, 3.63) is 51.6 Å². The van der Waals surface area contributed by atoms with E-state index in [1.54, 1.807) is 28.2 Å². The van der Waals surface area contributed by atoms with E-state index in [0.29, 0.717) is 4.90 Å². The topological polar surface area (TPSA) is 68.0 Å². The lowest BCUT2D eigenvalue weighted by Gasteiger charge is -2.06. The molecule has 126 valence electrons. The Bertz CT molecular complexity index is 926. The second-order valence-electron chi connectivity index (χ2n) is 5.83. The molecule has 0 saturated carbocycles. The van der Waals surface area contributed by atoms with Gasteiger partial charge in [0.25, 0.3) is 10.2 Å². The number of aromatic nitrogens is 3. The molecule has 0 aliphatic carbocycles. The summed E-state index contributed by atoms with van der Waals surface area (Å²) in [5.74, 6) is 0.0770. The zero-order chi connectivity index (χ0) is 17.5. The molecule has 0 spiro atoms. The summed E-state index contributed by atoms with van der Waals surface area (Å²) in [6, 6.07) is 7.13. The van der Waals surface area contributed by atoms with Gasteiger partial charge in [0.1, 0.15) is 0 Å². The van der Waals surface area contributed by atoms with Crippen LogP contribution in [0.15, 0.2) is 34.5 Å². The third-order valence-corrected chi connectivity index (χ3v) is 6.60. The number of hydrogen-bond donors (Lipinski definition) is 1. The maximum absolute atomic E-state index is 12.8. The molecule has 3 aromatic rings. The van der Waals surface area contributed by atoms with E-state index >= 15 is 0 Å². The lowest BCUT2D eigenvalue weighted by atomic mass is 10.2. The van der Waals surface area contributed by atoms with Crippen LogP contribution in [-0.4, -0.2) is 19.3 Å². The molecule has 3 rings (SSSR count). The van der Waals surface area contributed by atoms with Gasteiger partial charge in [0.05, 0.1) is 16.4 Å². The molecule has 0 aliphatic heterocycles. The SMILES string of the molecule is Cc1nc(-c2ccc([S+](=O)(O)Cc3c(C)nn(C)c3C)cc2)cs1. The predicted molar refractivity (Wildman–Crippen MR) is 97.6 cm³/mol. The van der Waals surface area contributed by atoms with E-state index in [0.717, 1.165) is 33.2 Å². The molecule has 1 aromatic carbocycles. The molecule has 0 bridgehead atoms. The lowest BCUT2D eigenvalue weighted by molar-refractivity contribution is 0.496. The molecule has 2 heterocycles. The van der Waals surface area contributed by atoms with Crippen LogP contribution in [-0.2, 0) is 27.2 Å². The molecule has 1 N–H and O–H groups in total. The minimum Gasteiger partial charge on any atom is -0.272 e. The highest BCUT2D eigenvalue weighted by atomic mass is 32.3. The molecule has 5 nitrogen and oxygen atoms in total. The minimum absolute atomic E-state index is 0.0770.